The van der Waals surface area contributed by atoms with E-state index in [2.05, 4.69) is 16.2 Å². The summed E-state index contributed by atoms with van der Waals surface area (Å²) < 4.78 is 11.8. The van der Waals surface area contributed by atoms with Gasteiger partial charge in [0.05, 0.1) is 12.1 Å². The van der Waals surface area contributed by atoms with Crippen molar-refractivity contribution in [3.8, 4) is 17.2 Å². The maximum absolute atomic E-state index is 12.6. The van der Waals surface area contributed by atoms with E-state index in [1.54, 1.807) is 13.2 Å². The Kier molecular flexibility index (Phi) is 6.75. The fourth-order valence-electron chi connectivity index (χ4n) is 2.88. The molecule has 0 saturated carbocycles. The average molecular weight is 484 g/mol. The predicted octanol–water partition coefficient (Wildman–Crippen LogP) is 5.99. The summed E-state index contributed by atoms with van der Waals surface area (Å²) in [7, 11) is 1.59. The monoisotopic (exact) mass is 483 g/mol. The lowest BCUT2D eigenvalue weighted by Gasteiger charge is -2.12. The van der Waals surface area contributed by atoms with E-state index in [1.807, 2.05) is 66.7 Å². The van der Waals surface area contributed by atoms with Crippen LogP contribution in [-0.2, 0) is 0 Å². The summed E-state index contributed by atoms with van der Waals surface area (Å²) in [4.78, 5) is 13.0. The van der Waals surface area contributed by atoms with Gasteiger partial charge in [-0.1, -0.05) is 29.8 Å². The summed E-state index contributed by atoms with van der Waals surface area (Å²) in [5, 5.41) is 4.41. The van der Waals surface area contributed by atoms with Crippen LogP contribution in [0.5, 0.6) is 17.2 Å². The summed E-state index contributed by atoms with van der Waals surface area (Å²) in [6.07, 6.45) is 0. The number of hydrazine groups is 1. The highest BCUT2D eigenvalue weighted by Crippen LogP contribution is 2.37. The van der Waals surface area contributed by atoms with E-state index in [9.17, 15) is 4.79 Å². The number of thiocarbonyl (C=S) groups is 1. The van der Waals surface area contributed by atoms with Crippen molar-refractivity contribution in [2.75, 3.05) is 12.4 Å². The number of nitrogens with one attached hydrogen (secondary N) is 3. The van der Waals surface area contributed by atoms with Crippen molar-refractivity contribution in [2.24, 2.45) is 0 Å². The molecule has 9 heteroatoms. The summed E-state index contributed by atoms with van der Waals surface area (Å²) in [6.45, 7) is 0. The molecule has 1 heterocycles. The number of para-hydroxylation sites is 1. The number of carbonyl (C=O) groups is 1. The number of hydrogen-bond acceptors (Lipinski definition) is 5. The summed E-state index contributed by atoms with van der Waals surface area (Å²) in [5.74, 6) is 1.77. The molecule has 3 aromatic carbocycles. The molecule has 0 spiro atoms. The molecular formula is C23H18ClN3O3S2. The third-order valence-corrected chi connectivity index (χ3v) is 6.28. The molecule has 4 rings (SSSR count). The Balaban J connectivity index is 1.33. The zero-order valence-corrected chi connectivity index (χ0v) is 19.2. The van der Waals surface area contributed by atoms with Crippen LogP contribution in [0.15, 0.2) is 72.8 Å². The molecule has 0 saturated heterocycles. The average Bonchev–Trinajstić information content (AvgIpc) is 3.15. The maximum Gasteiger partial charge on any atom is 0.281 e. The van der Waals surface area contributed by atoms with E-state index in [-0.39, 0.29) is 11.0 Å². The number of anilines is 1. The van der Waals surface area contributed by atoms with Gasteiger partial charge in [0, 0.05) is 15.8 Å². The quantitative estimate of drug-likeness (QED) is 0.239. The van der Waals surface area contributed by atoms with Gasteiger partial charge in [0.1, 0.15) is 22.1 Å². The molecule has 0 unspecified atom stereocenters. The van der Waals surface area contributed by atoms with Crippen LogP contribution in [0.2, 0.25) is 5.02 Å². The van der Waals surface area contributed by atoms with E-state index in [0.717, 1.165) is 21.5 Å². The number of amides is 1. The number of rotatable bonds is 5. The number of hydrogen-bond donors (Lipinski definition) is 3. The Labute approximate surface area is 199 Å². The minimum Gasteiger partial charge on any atom is -0.497 e. The van der Waals surface area contributed by atoms with E-state index >= 15 is 0 Å². The molecular weight excluding hydrogens is 466 g/mol. The van der Waals surface area contributed by atoms with Gasteiger partial charge in [-0.2, -0.15) is 0 Å². The summed E-state index contributed by atoms with van der Waals surface area (Å²) in [6, 6.07) is 22.3. The van der Waals surface area contributed by atoms with Crippen molar-refractivity contribution >= 4 is 61.9 Å². The van der Waals surface area contributed by atoms with E-state index < -0.39 is 0 Å². The molecule has 0 fully saturated rings. The van der Waals surface area contributed by atoms with Gasteiger partial charge in [0.2, 0.25) is 0 Å². The van der Waals surface area contributed by atoms with Gasteiger partial charge in [0.25, 0.3) is 5.91 Å². The number of benzene rings is 3. The van der Waals surface area contributed by atoms with Crippen LogP contribution < -0.4 is 25.6 Å². The van der Waals surface area contributed by atoms with E-state index in [0.29, 0.717) is 21.4 Å². The van der Waals surface area contributed by atoms with Crippen molar-refractivity contribution in [1.82, 2.24) is 10.9 Å². The van der Waals surface area contributed by atoms with Gasteiger partial charge in [0.15, 0.2) is 5.11 Å². The first kappa shape index (κ1) is 21.9. The highest BCUT2D eigenvalue weighted by molar-refractivity contribution is 7.80. The zero-order valence-electron chi connectivity index (χ0n) is 16.8. The molecule has 0 aliphatic carbocycles. The number of thiophene rings is 1. The minimum absolute atomic E-state index is 0.231. The normalized spacial score (nSPS) is 10.4. The molecule has 0 aliphatic heterocycles. The lowest BCUT2D eigenvalue weighted by molar-refractivity contribution is 0.0948. The Bertz CT molecular complexity index is 1260. The molecule has 4 aromatic rings. The lowest BCUT2D eigenvalue weighted by atomic mass is 10.2. The van der Waals surface area contributed by atoms with Crippen molar-refractivity contribution in [2.45, 2.75) is 0 Å². The molecule has 3 N–H and O–H groups in total. The Morgan fingerprint density at radius 1 is 0.938 bits per heavy atom. The molecule has 6 nitrogen and oxygen atoms in total. The summed E-state index contributed by atoms with van der Waals surface area (Å²) in [5.41, 5.74) is 6.00. The van der Waals surface area contributed by atoms with Gasteiger partial charge in [-0.15, -0.1) is 11.3 Å². The molecule has 0 radical (unpaired) electrons. The van der Waals surface area contributed by atoms with Crippen LogP contribution in [0.1, 0.15) is 9.67 Å². The molecule has 0 bridgehead atoms. The lowest BCUT2D eigenvalue weighted by Crippen LogP contribution is -2.43. The smallest absolute Gasteiger partial charge is 0.281 e. The first-order valence-corrected chi connectivity index (χ1v) is 11.1. The van der Waals surface area contributed by atoms with Gasteiger partial charge in [-0.25, -0.2) is 0 Å². The predicted molar refractivity (Wildman–Crippen MR) is 133 cm³/mol. The number of fused-ring (bicyclic) bond motifs is 1. The third-order valence-electron chi connectivity index (χ3n) is 4.42. The maximum atomic E-state index is 12.6. The highest BCUT2D eigenvalue weighted by atomic mass is 35.5. The van der Waals surface area contributed by atoms with Crippen LogP contribution in [-0.4, -0.2) is 18.1 Å². The van der Waals surface area contributed by atoms with Crippen molar-refractivity contribution < 1.29 is 14.3 Å². The number of halogens is 1. The van der Waals surface area contributed by atoms with Gasteiger partial charge < -0.3 is 14.8 Å². The van der Waals surface area contributed by atoms with Crippen molar-refractivity contribution in [1.29, 1.82) is 0 Å². The highest BCUT2D eigenvalue weighted by Gasteiger charge is 2.17. The van der Waals surface area contributed by atoms with Crippen LogP contribution in [0.3, 0.4) is 0 Å². The minimum atomic E-state index is -0.383. The second-order valence-electron chi connectivity index (χ2n) is 6.58. The molecule has 0 aliphatic rings. The van der Waals surface area contributed by atoms with Crippen LogP contribution in [0.4, 0.5) is 5.69 Å². The van der Waals surface area contributed by atoms with Crippen molar-refractivity contribution in [3.63, 3.8) is 0 Å². The first-order chi connectivity index (χ1) is 15.5. The van der Waals surface area contributed by atoms with Crippen LogP contribution in [0.25, 0.3) is 10.1 Å². The summed E-state index contributed by atoms with van der Waals surface area (Å²) >= 11 is 12.9. The molecule has 1 amide bonds. The van der Waals surface area contributed by atoms with Gasteiger partial charge in [-0.3, -0.25) is 15.6 Å². The number of methoxy groups -OCH3 is 1. The number of ether oxygens (including phenoxy) is 2. The first-order valence-electron chi connectivity index (χ1n) is 9.50. The topological polar surface area (TPSA) is 71.6 Å². The zero-order chi connectivity index (χ0) is 22.5. The van der Waals surface area contributed by atoms with E-state index in [4.69, 9.17) is 33.3 Å². The number of carbonyl (C=O) groups excluding carboxylic acids is 1. The van der Waals surface area contributed by atoms with Crippen molar-refractivity contribution in [3.05, 3.63) is 82.7 Å². The van der Waals surface area contributed by atoms with Crippen LogP contribution >= 0.6 is 35.2 Å². The molecule has 0 atom stereocenters. The fraction of sp³-hybridized carbons (Fsp3) is 0.0435. The molecule has 32 heavy (non-hydrogen) atoms. The van der Waals surface area contributed by atoms with E-state index in [1.165, 1.54) is 11.3 Å². The van der Waals surface area contributed by atoms with Crippen LogP contribution in [0, 0.1) is 0 Å². The Morgan fingerprint density at radius 3 is 2.34 bits per heavy atom. The second kappa shape index (κ2) is 9.86. The Morgan fingerprint density at radius 2 is 1.62 bits per heavy atom. The van der Waals surface area contributed by atoms with Gasteiger partial charge >= 0.3 is 0 Å². The fourth-order valence-corrected chi connectivity index (χ4v) is 4.49. The molecule has 162 valence electrons. The Hall–Kier alpha value is -3.33. The SMILES string of the molecule is COc1ccc2c(Cl)c(C(=O)NNC(=S)Nc3ccc(Oc4ccccc4)cc3)sc2c1. The standard InChI is InChI=1S/C23H18ClN3O3S2/c1-29-17-11-12-18-19(13-17)32-21(20(18)24)22(28)26-27-23(31)25-14-7-9-16(10-8-14)30-15-5-3-2-4-6-15/h2-13H,1H3,(H,26,28)(H2,25,27,31). The largest absolute Gasteiger partial charge is 0.497 e. The second-order valence-corrected chi connectivity index (χ2v) is 8.42. The molecule has 1 aromatic heterocycles. The van der Waals surface area contributed by atoms with Gasteiger partial charge in [-0.05, 0) is 66.8 Å². The third kappa shape index (κ3) is 5.11.